The van der Waals surface area contributed by atoms with Crippen molar-refractivity contribution in [3.63, 3.8) is 0 Å². The number of hydrogen-bond donors (Lipinski definition) is 2. The molecule has 6 heteroatoms. The smallest absolute Gasteiger partial charge is 0.335 e. The minimum Gasteiger partial charge on any atom is -0.478 e. The summed E-state index contributed by atoms with van der Waals surface area (Å²) in [5, 5.41) is 17.9. The number of rotatable bonds is 4. The first kappa shape index (κ1) is 16.0. The Morgan fingerprint density at radius 2 is 1.87 bits per heavy atom. The van der Waals surface area contributed by atoms with E-state index in [1.807, 2.05) is 24.5 Å². The first-order valence-electron chi connectivity index (χ1n) is 6.79. The standard InChI is InChI=1S/C17H15N3O3/c1-10-7-13(8-14(9-18)16(19)21)11(2)20(10)15-5-3-12(4-6-15)17(22)23/h3-8H,1-2H3,(H2,19,21)(H,22,23)/b14-8+. The summed E-state index contributed by atoms with van der Waals surface area (Å²) in [6, 6.07) is 10.1. The molecule has 0 radical (unpaired) electrons. The van der Waals surface area contributed by atoms with E-state index < -0.39 is 11.9 Å². The fourth-order valence-electron chi connectivity index (χ4n) is 2.40. The van der Waals surface area contributed by atoms with Crippen molar-refractivity contribution in [2.75, 3.05) is 0 Å². The SMILES string of the molecule is Cc1cc(/C=C(\C#N)C(N)=O)c(C)n1-c1ccc(C(=O)O)cc1. The van der Waals surface area contributed by atoms with Crippen LogP contribution in [0.15, 0.2) is 35.9 Å². The molecule has 0 saturated heterocycles. The number of hydrogen-bond acceptors (Lipinski definition) is 3. The van der Waals surface area contributed by atoms with Crippen molar-refractivity contribution >= 4 is 18.0 Å². The highest BCUT2D eigenvalue weighted by Gasteiger charge is 2.12. The molecule has 1 heterocycles. The van der Waals surface area contributed by atoms with Crippen molar-refractivity contribution in [3.8, 4) is 11.8 Å². The number of amides is 1. The number of primary amides is 1. The Morgan fingerprint density at radius 3 is 2.35 bits per heavy atom. The summed E-state index contributed by atoms with van der Waals surface area (Å²) in [5.41, 5.74) is 8.45. The van der Waals surface area contributed by atoms with E-state index in [1.165, 1.54) is 18.2 Å². The molecular weight excluding hydrogens is 294 g/mol. The fourth-order valence-corrected chi connectivity index (χ4v) is 2.40. The number of aromatic nitrogens is 1. The Balaban J connectivity index is 2.52. The van der Waals surface area contributed by atoms with Crippen LogP contribution in [0.1, 0.15) is 27.3 Å². The summed E-state index contributed by atoms with van der Waals surface area (Å²) in [5.74, 6) is -1.76. The van der Waals surface area contributed by atoms with E-state index in [0.29, 0.717) is 5.56 Å². The van der Waals surface area contributed by atoms with Gasteiger partial charge in [0.2, 0.25) is 0 Å². The van der Waals surface area contributed by atoms with E-state index in [1.54, 1.807) is 18.2 Å². The zero-order valence-electron chi connectivity index (χ0n) is 12.7. The van der Waals surface area contributed by atoms with Crippen LogP contribution >= 0.6 is 0 Å². The maximum atomic E-state index is 11.2. The summed E-state index contributed by atoms with van der Waals surface area (Å²) in [7, 11) is 0. The summed E-state index contributed by atoms with van der Waals surface area (Å²) in [4.78, 5) is 22.1. The van der Waals surface area contributed by atoms with Gasteiger partial charge in [0.25, 0.3) is 5.91 Å². The topological polar surface area (TPSA) is 109 Å². The minimum absolute atomic E-state index is 0.119. The molecule has 0 unspecified atom stereocenters. The lowest BCUT2D eigenvalue weighted by Crippen LogP contribution is -2.12. The van der Waals surface area contributed by atoms with Gasteiger partial charge in [0, 0.05) is 17.1 Å². The molecular formula is C17H15N3O3. The first-order chi connectivity index (χ1) is 10.8. The fraction of sp³-hybridized carbons (Fsp3) is 0.118. The van der Waals surface area contributed by atoms with E-state index in [9.17, 15) is 9.59 Å². The van der Waals surface area contributed by atoms with Gasteiger partial charge in [0.05, 0.1) is 5.56 Å². The van der Waals surface area contributed by atoms with Gasteiger partial charge in [-0.1, -0.05) is 0 Å². The summed E-state index contributed by atoms with van der Waals surface area (Å²) < 4.78 is 1.91. The number of nitrogens with two attached hydrogens (primary N) is 1. The zero-order valence-corrected chi connectivity index (χ0v) is 12.7. The Morgan fingerprint density at radius 1 is 1.26 bits per heavy atom. The second-order valence-electron chi connectivity index (χ2n) is 5.05. The average Bonchev–Trinajstić information content (AvgIpc) is 2.78. The molecule has 0 aliphatic rings. The molecule has 0 spiro atoms. The predicted octanol–water partition coefficient (Wildman–Crippen LogP) is 2.18. The third-order valence-electron chi connectivity index (χ3n) is 3.53. The highest BCUT2D eigenvalue weighted by Crippen LogP contribution is 2.23. The van der Waals surface area contributed by atoms with Crippen LogP contribution < -0.4 is 5.73 Å². The lowest BCUT2D eigenvalue weighted by Gasteiger charge is -2.10. The number of nitrogens with zero attached hydrogens (tertiary/aromatic N) is 2. The number of carbonyl (C=O) groups excluding carboxylic acids is 1. The van der Waals surface area contributed by atoms with Crippen molar-refractivity contribution in [3.05, 3.63) is 58.4 Å². The van der Waals surface area contributed by atoms with Crippen LogP contribution in [0, 0.1) is 25.2 Å². The maximum absolute atomic E-state index is 11.2. The highest BCUT2D eigenvalue weighted by molar-refractivity contribution is 6.00. The number of aryl methyl sites for hydroxylation is 1. The van der Waals surface area contributed by atoms with Crippen LogP contribution in [0.3, 0.4) is 0 Å². The van der Waals surface area contributed by atoms with Crippen LogP contribution in [0.5, 0.6) is 0 Å². The monoisotopic (exact) mass is 309 g/mol. The Bertz CT molecular complexity index is 852. The van der Waals surface area contributed by atoms with Crippen molar-refractivity contribution < 1.29 is 14.7 Å². The van der Waals surface area contributed by atoms with Crippen molar-refractivity contribution in [1.82, 2.24) is 4.57 Å². The van der Waals surface area contributed by atoms with Gasteiger partial charge in [-0.15, -0.1) is 0 Å². The van der Waals surface area contributed by atoms with E-state index in [-0.39, 0.29) is 11.1 Å². The van der Waals surface area contributed by atoms with Crippen molar-refractivity contribution in [1.29, 1.82) is 5.26 Å². The van der Waals surface area contributed by atoms with Gasteiger partial charge < -0.3 is 15.4 Å². The zero-order chi connectivity index (χ0) is 17.1. The van der Waals surface area contributed by atoms with Gasteiger partial charge in [-0.05, 0) is 55.8 Å². The summed E-state index contributed by atoms with van der Waals surface area (Å²) >= 11 is 0. The van der Waals surface area contributed by atoms with E-state index in [2.05, 4.69) is 0 Å². The van der Waals surface area contributed by atoms with Crippen LogP contribution in [0.2, 0.25) is 0 Å². The average molecular weight is 309 g/mol. The third kappa shape index (κ3) is 3.14. The molecule has 6 nitrogen and oxygen atoms in total. The number of carbonyl (C=O) groups is 2. The lowest BCUT2D eigenvalue weighted by molar-refractivity contribution is -0.114. The van der Waals surface area contributed by atoms with Gasteiger partial charge in [-0.2, -0.15) is 5.26 Å². The number of carboxylic acid groups (broad SMARTS) is 1. The highest BCUT2D eigenvalue weighted by atomic mass is 16.4. The molecule has 0 saturated carbocycles. The lowest BCUT2D eigenvalue weighted by atomic mass is 10.1. The normalized spacial score (nSPS) is 11.1. The molecule has 2 rings (SSSR count). The quantitative estimate of drug-likeness (QED) is 0.666. The Labute approximate surface area is 133 Å². The second kappa shape index (κ2) is 6.20. The molecule has 2 aromatic rings. The molecule has 3 N–H and O–H groups in total. The van der Waals surface area contributed by atoms with Gasteiger partial charge in [0.15, 0.2) is 0 Å². The molecule has 0 atom stereocenters. The van der Waals surface area contributed by atoms with Gasteiger partial charge in [-0.25, -0.2) is 4.79 Å². The maximum Gasteiger partial charge on any atom is 0.335 e. The van der Waals surface area contributed by atoms with Gasteiger partial charge in [-0.3, -0.25) is 4.79 Å². The Hall–Kier alpha value is -3.33. The van der Waals surface area contributed by atoms with Crippen molar-refractivity contribution in [2.45, 2.75) is 13.8 Å². The largest absolute Gasteiger partial charge is 0.478 e. The number of aromatic carboxylic acids is 1. The van der Waals surface area contributed by atoms with E-state index >= 15 is 0 Å². The Kier molecular flexibility index (Phi) is 4.32. The van der Waals surface area contributed by atoms with E-state index in [0.717, 1.165) is 17.1 Å². The molecule has 116 valence electrons. The molecule has 0 fully saturated rings. The molecule has 1 amide bonds. The number of nitriles is 1. The van der Waals surface area contributed by atoms with Crippen LogP contribution in [0.4, 0.5) is 0 Å². The van der Waals surface area contributed by atoms with Gasteiger partial charge >= 0.3 is 5.97 Å². The molecule has 1 aromatic heterocycles. The van der Waals surface area contributed by atoms with E-state index in [4.69, 9.17) is 16.1 Å². The second-order valence-corrected chi connectivity index (χ2v) is 5.05. The predicted molar refractivity (Wildman–Crippen MR) is 85.0 cm³/mol. The number of carboxylic acids is 1. The summed E-state index contributed by atoms with van der Waals surface area (Å²) in [6.45, 7) is 3.73. The molecule has 1 aromatic carbocycles. The summed E-state index contributed by atoms with van der Waals surface area (Å²) in [6.07, 6.45) is 1.45. The van der Waals surface area contributed by atoms with Crippen LogP contribution in [0.25, 0.3) is 11.8 Å². The molecule has 0 aliphatic heterocycles. The minimum atomic E-state index is -0.985. The van der Waals surface area contributed by atoms with Gasteiger partial charge in [0.1, 0.15) is 11.6 Å². The molecule has 0 bridgehead atoms. The van der Waals surface area contributed by atoms with Crippen LogP contribution in [-0.4, -0.2) is 21.6 Å². The number of benzene rings is 1. The third-order valence-corrected chi connectivity index (χ3v) is 3.53. The van der Waals surface area contributed by atoms with Crippen LogP contribution in [-0.2, 0) is 4.79 Å². The first-order valence-corrected chi connectivity index (χ1v) is 6.79. The van der Waals surface area contributed by atoms with Crippen molar-refractivity contribution in [2.24, 2.45) is 5.73 Å². The molecule has 23 heavy (non-hydrogen) atoms. The molecule has 0 aliphatic carbocycles.